The molecule has 0 aliphatic carbocycles. The number of hydrogen-bond donors (Lipinski definition) is 1. The van der Waals surface area contributed by atoms with Crippen LogP contribution in [0.5, 0.6) is 5.75 Å². The molecule has 1 aromatic rings. The molecule has 21 heavy (non-hydrogen) atoms. The first-order valence-corrected chi connectivity index (χ1v) is 8.73. The maximum Gasteiger partial charge on any atom is 0.119 e. The van der Waals surface area contributed by atoms with Gasteiger partial charge in [-0.15, -0.1) is 0 Å². The summed E-state index contributed by atoms with van der Waals surface area (Å²) in [7, 11) is 0. The monoisotopic (exact) mass is 291 g/mol. The molecule has 120 valence electrons. The molecule has 2 N–H and O–H groups in total. The fourth-order valence-electron chi connectivity index (χ4n) is 2.46. The van der Waals surface area contributed by atoms with E-state index in [1.165, 1.54) is 44.1 Å². The van der Waals surface area contributed by atoms with Crippen LogP contribution in [0.25, 0.3) is 0 Å². The zero-order chi connectivity index (χ0) is 15.3. The maximum atomic E-state index is 6.00. The summed E-state index contributed by atoms with van der Waals surface area (Å²) >= 11 is 0. The van der Waals surface area contributed by atoms with Crippen molar-refractivity contribution in [1.82, 2.24) is 0 Å². The largest absolute Gasteiger partial charge is 0.494 e. The van der Waals surface area contributed by atoms with Crippen molar-refractivity contribution >= 4 is 0 Å². The lowest BCUT2D eigenvalue weighted by atomic mass is 10.0. The summed E-state index contributed by atoms with van der Waals surface area (Å²) in [5, 5.41) is 0. The Labute approximate surface area is 131 Å². The summed E-state index contributed by atoms with van der Waals surface area (Å²) in [6.07, 6.45) is 11.2. The van der Waals surface area contributed by atoms with Crippen molar-refractivity contribution in [1.29, 1.82) is 0 Å². The Bertz CT molecular complexity index is 364. The summed E-state index contributed by atoms with van der Waals surface area (Å²) in [5.74, 6) is 0.988. The number of nitrogens with two attached hydrogens (primary N) is 1. The Hall–Kier alpha value is -1.02. The lowest BCUT2D eigenvalue weighted by molar-refractivity contribution is 0.304. The molecule has 0 aliphatic rings. The first-order chi connectivity index (χ1) is 10.3. The fraction of sp³-hybridized carbons (Fsp3) is 0.684. The molecule has 0 aromatic heterocycles. The van der Waals surface area contributed by atoms with Gasteiger partial charge in [-0.05, 0) is 37.0 Å². The van der Waals surface area contributed by atoms with Gasteiger partial charge in [-0.1, -0.05) is 64.5 Å². The van der Waals surface area contributed by atoms with E-state index in [9.17, 15) is 0 Å². The zero-order valence-corrected chi connectivity index (χ0v) is 13.9. The van der Waals surface area contributed by atoms with E-state index in [4.69, 9.17) is 10.5 Å². The lowest BCUT2D eigenvalue weighted by Crippen LogP contribution is -2.21. The molecular weight excluding hydrogens is 258 g/mol. The van der Waals surface area contributed by atoms with E-state index in [1.807, 2.05) is 6.07 Å². The van der Waals surface area contributed by atoms with Crippen LogP contribution in [0.2, 0.25) is 0 Å². The van der Waals surface area contributed by atoms with E-state index >= 15 is 0 Å². The minimum Gasteiger partial charge on any atom is -0.494 e. The summed E-state index contributed by atoms with van der Waals surface area (Å²) in [6, 6.07) is 8.63. The third kappa shape index (κ3) is 8.77. The summed E-state index contributed by atoms with van der Waals surface area (Å²) < 4.78 is 5.85. The highest BCUT2D eigenvalue weighted by Crippen LogP contribution is 2.16. The fourth-order valence-corrected chi connectivity index (χ4v) is 2.46. The third-order valence-electron chi connectivity index (χ3n) is 3.94. The Morgan fingerprint density at radius 3 is 2.43 bits per heavy atom. The van der Waals surface area contributed by atoms with Gasteiger partial charge in [-0.3, -0.25) is 0 Å². The highest BCUT2D eigenvalue weighted by Gasteiger charge is 2.02. The molecule has 1 atom stereocenters. The highest BCUT2D eigenvalue weighted by molar-refractivity contribution is 5.29. The summed E-state index contributed by atoms with van der Waals surface area (Å²) in [6.45, 7) is 5.22. The van der Waals surface area contributed by atoms with Gasteiger partial charge in [0.1, 0.15) is 5.75 Å². The molecule has 1 aromatic carbocycles. The molecule has 0 bridgehead atoms. The minimum atomic E-state index is 0.253. The molecule has 0 amide bonds. The predicted molar refractivity (Wildman–Crippen MR) is 91.9 cm³/mol. The van der Waals surface area contributed by atoms with Crippen LogP contribution in [0.3, 0.4) is 0 Å². The van der Waals surface area contributed by atoms with Crippen molar-refractivity contribution in [2.45, 2.75) is 77.7 Å². The highest BCUT2D eigenvalue weighted by atomic mass is 16.5. The number of hydrogen-bond acceptors (Lipinski definition) is 2. The van der Waals surface area contributed by atoms with E-state index in [0.717, 1.165) is 31.6 Å². The smallest absolute Gasteiger partial charge is 0.119 e. The van der Waals surface area contributed by atoms with E-state index < -0.39 is 0 Å². The second-order valence-corrected chi connectivity index (χ2v) is 5.99. The van der Waals surface area contributed by atoms with Crippen LogP contribution in [-0.2, 0) is 6.42 Å². The van der Waals surface area contributed by atoms with Crippen LogP contribution < -0.4 is 10.5 Å². The second-order valence-electron chi connectivity index (χ2n) is 5.99. The van der Waals surface area contributed by atoms with Crippen molar-refractivity contribution in [2.24, 2.45) is 5.73 Å². The topological polar surface area (TPSA) is 35.2 Å². The number of rotatable bonds is 12. The van der Waals surface area contributed by atoms with Crippen molar-refractivity contribution < 1.29 is 4.74 Å². The minimum absolute atomic E-state index is 0.253. The molecule has 0 saturated heterocycles. The molecule has 0 fully saturated rings. The van der Waals surface area contributed by atoms with E-state index in [0.29, 0.717) is 0 Å². The average Bonchev–Trinajstić information content (AvgIpc) is 2.50. The molecule has 0 spiro atoms. The number of ether oxygens (including phenoxy) is 1. The van der Waals surface area contributed by atoms with Gasteiger partial charge < -0.3 is 10.5 Å². The van der Waals surface area contributed by atoms with Crippen LogP contribution in [0.4, 0.5) is 0 Å². The van der Waals surface area contributed by atoms with E-state index in [-0.39, 0.29) is 6.04 Å². The second kappa shape index (κ2) is 11.6. The van der Waals surface area contributed by atoms with Crippen molar-refractivity contribution in [3.8, 4) is 5.75 Å². The van der Waals surface area contributed by atoms with Crippen LogP contribution in [0.15, 0.2) is 24.3 Å². The summed E-state index contributed by atoms with van der Waals surface area (Å²) in [4.78, 5) is 0. The molecule has 0 heterocycles. The quantitative estimate of drug-likeness (QED) is 0.544. The van der Waals surface area contributed by atoms with Crippen LogP contribution in [-0.4, -0.2) is 12.6 Å². The molecule has 0 aliphatic heterocycles. The van der Waals surface area contributed by atoms with Gasteiger partial charge in [0.05, 0.1) is 6.61 Å². The standard InChI is InChI=1S/C19H33NO/c1-3-5-6-7-8-9-10-14-21-19-13-11-12-17(16-19)15-18(20)4-2/h11-13,16,18H,3-10,14-15,20H2,1-2H3. The van der Waals surface area contributed by atoms with Gasteiger partial charge in [0.25, 0.3) is 0 Å². The maximum absolute atomic E-state index is 6.00. The Balaban J connectivity index is 2.15. The molecule has 2 nitrogen and oxygen atoms in total. The predicted octanol–water partition coefficient (Wildman–Crippen LogP) is 5.10. The SMILES string of the molecule is CCCCCCCCCOc1cccc(CC(N)CC)c1. The zero-order valence-electron chi connectivity index (χ0n) is 13.9. The molecular formula is C19H33NO. The van der Waals surface area contributed by atoms with Gasteiger partial charge >= 0.3 is 0 Å². The summed E-state index contributed by atoms with van der Waals surface area (Å²) in [5.41, 5.74) is 7.28. The van der Waals surface area contributed by atoms with E-state index in [1.54, 1.807) is 0 Å². The van der Waals surface area contributed by atoms with Gasteiger partial charge in [0.2, 0.25) is 0 Å². The lowest BCUT2D eigenvalue weighted by Gasteiger charge is -2.11. The van der Waals surface area contributed by atoms with E-state index in [2.05, 4.69) is 32.0 Å². The van der Waals surface area contributed by atoms with Crippen LogP contribution in [0.1, 0.15) is 70.8 Å². The van der Waals surface area contributed by atoms with Gasteiger partial charge in [0.15, 0.2) is 0 Å². The van der Waals surface area contributed by atoms with Gasteiger partial charge in [-0.25, -0.2) is 0 Å². The van der Waals surface area contributed by atoms with Crippen molar-refractivity contribution in [2.75, 3.05) is 6.61 Å². The Kier molecular flexibility index (Phi) is 9.98. The Morgan fingerprint density at radius 2 is 1.71 bits per heavy atom. The number of benzene rings is 1. The van der Waals surface area contributed by atoms with Crippen LogP contribution >= 0.6 is 0 Å². The average molecular weight is 291 g/mol. The Morgan fingerprint density at radius 1 is 1.00 bits per heavy atom. The molecule has 1 unspecified atom stereocenters. The molecule has 2 heteroatoms. The first-order valence-electron chi connectivity index (χ1n) is 8.73. The molecule has 0 saturated carbocycles. The third-order valence-corrected chi connectivity index (χ3v) is 3.94. The van der Waals surface area contributed by atoms with Gasteiger partial charge in [-0.2, -0.15) is 0 Å². The first kappa shape index (κ1) is 18.0. The van der Waals surface area contributed by atoms with Gasteiger partial charge in [0, 0.05) is 6.04 Å². The molecule has 0 radical (unpaired) electrons. The normalized spacial score (nSPS) is 12.3. The van der Waals surface area contributed by atoms with Crippen molar-refractivity contribution in [3.63, 3.8) is 0 Å². The van der Waals surface area contributed by atoms with Crippen molar-refractivity contribution in [3.05, 3.63) is 29.8 Å². The molecule has 1 rings (SSSR count). The van der Waals surface area contributed by atoms with Crippen LogP contribution in [0, 0.1) is 0 Å². The number of unbranched alkanes of at least 4 members (excludes halogenated alkanes) is 6.